The Morgan fingerprint density at radius 2 is 1.76 bits per heavy atom. The maximum atomic E-state index is 13.3. The second-order valence-electron chi connectivity index (χ2n) is 8.04. The van der Waals surface area contributed by atoms with E-state index in [0.717, 1.165) is 28.5 Å². The monoisotopic (exact) mass is 469 g/mol. The van der Waals surface area contributed by atoms with Crippen molar-refractivity contribution in [1.29, 1.82) is 0 Å². The van der Waals surface area contributed by atoms with E-state index in [-0.39, 0.29) is 0 Å². The van der Waals surface area contributed by atoms with Gasteiger partial charge in [-0.15, -0.1) is 11.8 Å². The summed E-state index contributed by atoms with van der Waals surface area (Å²) >= 11 is 1.61. The normalized spacial score (nSPS) is 14.2. The molecular weight excluding hydrogens is 447 g/mol. The molecule has 0 saturated heterocycles. The van der Waals surface area contributed by atoms with Crippen molar-refractivity contribution in [3.05, 3.63) is 54.1 Å². The molecule has 0 atom stereocenters. The molecule has 0 N–H and O–H groups in total. The van der Waals surface area contributed by atoms with Gasteiger partial charge in [0.05, 0.1) is 22.6 Å². The fourth-order valence-corrected chi connectivity index (χ4v) is 4.67. The van der Waals surface area contributed by atoms with E-state index in [2.05, 4.69) is 19.9 Å². The van der Waals surface area contributed by atoms with Gasteiger partial charge in [-0.1, -0.05) is 6.92 Å². The van der Waals surface area contributed by atoms with Crippen LogP contribution in [0.25, 0.3) is 34.2 Å². The summed E-state index contributed by atoms with van der Waals surface area (Å²) in [4.78, 5) is 19.1. The molecule has 2 aromatic rings. The summed E-state index contributed by atoms with van der Waals surface area (Å²) in [5.74, 6) is 2.01. The molecule has 0 spiro atoms. The lowest BCUT2D eigenvalue weighted by molar-refractivity contribution is -0.138. The summed E-state index contributed by atoms with van der Waals surface area (Å²) in [6.07, 6.45) is 4.56. The van der Waals surface area contributed by atoms with Crippen LogP contribution in [0, 0.1) is 0 Å². The van der Waals surface area contributed by atoms with Crippen LogP contribution in [0.2, 0.25) is 0 Å². The molecule has 5 nitrogen and oxygen atoms in total. The zero-order valence-electron chi connectivity index (χ0n) is 18.2. The van der Waals surface area contributed by atoms with E-state index in [0.29, 0.717) is 41.1 Å². The van der Waals surface area contributed by atoms with Gasteiger partial charge in [0.2, 0.25) is 0 Å². The molecule has 9 heteroatoms. The van der Waals surface area contributed by atoms with Crippen molar-refractivity contribution in [3.8, 4) is 34.2 Å². The molecule has 0 amide bonds. The molecular formula is C24H22F3N5S. The van der Waals surface area contributed by atoms with E-state index < -0.39 is 11.7 Å². The molecule has 0 bridgehead atoms. The molecule has 2 aliphatic heterocycles. The second kappa shape index (κ2) is 8.44. The highest BCUT2D eigenvalue weighted by atomic mass is 32.2. The van der Waals surface area contributed by atoms with E-state index in [1.807, 2.05) is 38.4 Å². The molecule has 170 valence electrons. The standard InChI is InChI=1S/C24H22F3N5S/c1-3-32-13-17(24(25,26)27)8-18-20(32)9-19(31-18)22-21(33-4-2)7-15(10-28-22)23-29-11-16(12-30-23)14-5-6-14/h7-14H,3-6H2,1-2H3. The second-order valence-corrected chi connectivity index (χ2v) is 9.35. The number of nitrogens with zero attached hydrogens (tertiary/aromatic N) is 5. The van der Waals surface area contributed by atoms with Gasteiger partial charge in [-0.05, 0) is 55.2 Å². The molecule has 0 unspecified atom stereocenters. The van der Waals surface area contributed by atoms with Crippen molar-refractivity contribution in [2.24, 2.45) is 0 Å². The largest absolute Gasteiger partial charge is 0.417 e. The summed E-state index contributed by atoms with van der Waals surface area (Å²) in [7, 11) is 0. The molecule has 1 fully saturated rings. The van der Waals surface area contributed by atoms with Crippen LogP contribution in [0.4, 0.5) is 13.2 Å². The van der Waals surface area contributed by atoms with Crippen molar-refractivity contribution in [2.45, 2.75) is 50.2 Å². The van der Waals surface area contributed by atoms with Gasteiger partial charge in [0.1, 0.15) is 5.69 Å². The molecule has 3 aliphatic rings. The van der Waals surface area contributed by atoms with Crippen molar-refractivity contribution in [3.63, 3.8) is 0 Å². The third-order valence-electron chi connectivity index (χ3n) is 5.72. The van der Waals surface area contributed by atoms with E-state index in [4.69, 9.17) is 0 Å². The number of aromatic nitrogens is 5. The highest BCUT2D eigenvalue weighted by Crippen LogP contribution is 2.40. The van der Waals surface area contributed by atoms with Gasteiger partial charge in [-0.25, -0.2) is 15.0 Å². The quantitative estimate of drug-likeness (QED) is 0.300. The van der Waals surface area contributed by atoms with Crippen LogP contribution in [0.1, 0.15) is 43.7 Å². The summed E-state index contributed by atoms with van der Waals surface area (Å²) in [6.45, 7) is 4.26. The number of halogens is 3. The SMILES string of the molecule is CCSc1cc(-c2ncc(C3CC3)cn2)cnc1-c1cc2n(CC)cc(C(F)(F)F)cc-2n1. The summed E-state index contributed by atoms with van der Waals surface area (Å²) in [5, 5.41) is 0. The minimum Gasteiger partial charge on any atom is -0.346 e. The summed E-state index contributed by atoms with van der Waals surface area (Å²) < 4.78 is 41.6. The lowest BCUT2D eigenvalue weighted by atomic mass is 10.1. The third kappa shape index (κ3) is 4.34. The Balaban J connectivity index is 1.56. The van der Waals surface area contributed by atoms with E-state index in [1.165, 1.54) is 18.4 Å². The maximum Gasteiger partial charge on any atom is 0.417 e. The predicted octanol–water partition coefficient (Wildman–Crippen LogP) is 6.54. The fraction of sp³-hybridized carbons (Fsp3) is 0.333. The molecule has 4 heterocycles. The van der Waals surface area contributed by atoms with Crippen molar-refractivity contribution < 1.29 is 13.2 Å². The zero-order valence-corrected chi connectivity index (χ0v) is 19.0. The Bertz CT molecular complexity index is 1260. The Morgan fingerprint density at radius 1 is 1.00 bits per heavy atom. The van der Waals surface area contributed by atoms with Crippen molar-refractivity contribution >= 4 is 11.8 Å². The van der Waals surface area contributed by atoms with Crippen LogP contribution >= 0.6 is 11.8 Å². The molecule has 2 aromatic heterocycles. The van der Waals surface area contributed by atoms with E-state index in [1.54, 1.807) is 22.5 Å². The minimum absolute atomic E-state index is 0.305. The Labute approximate surface area is 193 Å². The number of fused-ring (bicyclic) bond motifs is 1. The number of thioether (sulfide) groups is 1. The van der Waals surface area contributed by atoms with Gasteiger partial charge in [0.25, 0.3) is 0 Å². The van der Waals surface area contributed by atoms with Crippen LogP contribution in [0.5, 0.6) is 0 Å². The van der Waals surface area contributed by atoms with Gasteiger partial charge >= 0.3 is 6.18 Å². The van der Waals surface area contributed by atoms with Crippen LogP contribution in [0.15, 0.2) is 47.9 Å². The number of rotatable bonds is 6. The number of alkyl halides is 3. The van der Waals surface area contributed by atoms with Gasteiger partial charge in [-0.3, -0.25) is 4.98 Å². The lowest BCUT2D eigenvalue weighted by Gasteiger charge is -2.14. The Morgan fingerprint density at radius 3 is 2.39 bits per heavy atom. The van der Waals surface area contributed by atoms with Crippen LogP contribution in [-0.4, -0.2) is 30.3 Å². The molecule has 1 saturated carbocycles. The summed E-state index contributed by atoms with van der Waals surface area (Å²) in [6, 6.07) is 4.89. The van der Waals surface area contributed by atoms with Crippen LogP contribution < -0.4 is 0 Å². The smallest absolute Gasteiger partial charge is 0.346 e. The Kier molecular flexibility index (Phi) is 5.60. The van der Waals surface area contributed by atoms with Gasteiger partial charge in [0, 0.05) is 41.8 Å². The fourth-order valence-electron chi connectivity index (χ4n) is 3.86. The highest BCUT2D eigenvalue weighted by Gasteiger charge is 2.33. The molecule has 0 aromatic carbocycles. The average Bonchev–Trinajstić information content (AvgIpc) is 3.56. The molecule has 5 rings (SSSR count). The van der Waals surface area contributed by atoms with Crippen LogP contribution in [-0.2, 0) is 12.7 Å². The number of hydrogen-bond donors (Lipinski definition) is 0. The highest BCUT2D eigenvalue weighted by molar-refractivity contribution is 7.99. The topological polar surface area (TPSA) is 56.5 Å². The third-order valence-corrected chi connectivity index (χ3v) is 6.63. The van der Waals surface area contributed by atoms with E-state index in [9.17, 15) is 13.2 Å². The number of hydrogen-bond acceptors (Lipinski definition) is 5. The van der Waals surface area contributed by atoms with Crippen molar-refractivity contribution in [2.75, 3.05) is 5.75 Å². The van der Waals surface area contributed by atoms with Crippen molar-refractivity contribution in [1.82, 2.24) is 24.5 Å². The number of pyridine rings is 2. The first-order valence-electron chi connectivity index (χ1n) is 10.9. The van der Waals surface area contributed by atoms with Gasteiger partial charge < -0.3 is 4.57 Å². The first kappa shape index (κ1) is 21.9. The average molecular weight is 470 g/mol. The lowest BCUT2D eigenvalue weighted by Crippen LogP contribution is -2.10. The van der Waals surface area contributed by atoms with E-state index >= 15 is 0 Å². The number of aryl methyl sites for hydroxylation is 1. The van der Waals surface area contributed by atoms with Crippen LogP contribution in [0.3, 0.4) is 0 Å². The first-order chi connectivity index (χ1) is 15.9. The molecule has 33 heavy (non-hydrogen) atoms. The van der Waals surface area contributed by atoms with Gasteiger partial charge in [0.15, 0.2) is 5.82 Å². The predicted molar refractivity (Wildman–Crippen MR) is 122 cm³/mol. The molecule has 1 aliphatic carbocycles. The Hall–Kier alpha value is -2.94. The summed E-state index contributed by atoms with van der Waals surface area (Å²) in [5.41, 5.74) is 3.42. The maximum absolute atomic E-state index is 13.3. The zero-order chi connectivity index (χ0) is 23.2. The first-order valence-corrected chi connectivity index (χ1v) is 11.9. The van der Waals surface area contributed by atoms with Gasteiger partial charge in [-0.2, -0.15) is 13.2 Å². The molecule has 0 radical (unpaired) electrons. The minimum atomic E-state index is -4.43.